The molecule has 1 heterocycles. The summed E-state index contributed by atoms with van der Waals surface area (Å²) in [7, 11) is 0. The van der Waals surface area contributed by atoms with Crippen molar-refractivity contribution < 1.29 is 9.21 Å². The van der Waals surface area contributed by atoms with Gasteiger partial charge in [-0.1, -0.05) is 15.9 Å². The van der Waals surface area contributed by atoms with Crippen LogP contribution in [-0.4, -0.2) is 11.9 Å². The molecule has 1 amide bonds. The summed E-state index contributed by atoms with van der Waals surface area (Å²) >= 11 is 3.57. The second-order valence-electron chi connectivity index (χ2n) is 4.47. The van der Waals surface area contributed by atoms with Gasteiger partial charge in [0, 0.05) is 28.4 Å². The molecule has 1 aromatic carbocycles. The summed E-state index contributed by atoms with van der Waals surface area (Å²) in [5.74, 6) is 0.0187. The van der Waals surface area contributed by atoms with Crippen molar-refractivity contribution in [3.05, 3.63) is 34.0 Å². The Labute approximate surface area is 107 Å². The highest BCUT2D eigenvalue weighted by molar-refractivity contribution is 9.10. The van der Waals surface area contributed by atoms with Crippen LogP contribution in [-0.2, 0) is 17.6 Å². The number of amides is 1. The van der Waals surface area contributed by atoms with Gasteiger partial charge in [-0.05, 0) is 30.5 Å². The molecule has 0 saturated carbocycles. The van der Waals surface area contributed by atoms with E-state index in [1.807, 2.05) is 12.1 Å². The fourth-order valence-corrected chi connectivity index (χ4v) is 3.06. The van der Waals surface area contributed by atoms with Crippen LogP contribution < -0.4 is 5.32 Å². The number of furan rings is 1. The van der Waals surface area contributed by atoms with Gasteiger partial charge in [0.15, 0.2) is 0 Å². The lowest BCUT2D eigenvalue weighted by molar-refractivity contribution is -0.119. The Morgan fingerprint density at radius 1 is 1.47 bits per heavy atom. The lowest BCUT2D eigenvalue weighted by Gasteiger charge is -2.23. The number of hydrogen-bond acceptors (Lipinski definition) is 2. The normalized spacial score (nSPS) is 18.4. The van der Waals surface area contributed by atoms with E-state index < -0.39 is 0 Å². The zero-order valence-corrected chi connectivity index (χ0v) is 11.0. The van der Waals surface area contributed by atoms with Crippen LogP contribution in [0.15, 0.2) is 27.3 Å². The molecule has 0 bridgehead atoms. The molecule has 1 N–H and O–H groups in total. The number of halogens is 1. The van der Waals surface area contributed by atoms with Gasteiger partial charge in [-0.25, -0.2) is 0 Å². The van der Waals surface area contributed by atoms with E-state index in [2.05, 4.69) is 21.2 Å². The van der Waals surface area contributed by atoms with Crippen LogP contribution in [0.2, 0.25) is 0 Å². The molecule has 2 aromatic rings. The Hall–Kier alpha value is -1.29. The van der Waals surface area contributed by atoms with Gasteiger partial charge >= 0.3 is 0 Å². The number of hydrogen-bond donors (Lipinski definition) is 1. The quantitative estimate of drug-likeness (QED) is 0.878. The van der Waals surface area contributed by atoms with E-state index in [0.29, 0.717) is 0 Å². The molecule has 0 aliphatic heterocycles. The number of benzene rings is 1. The molecular formula is C13H12BrNO2. The summed E-state index contributed by atoms with van der Waals surface area (Å²) in [6.07, 6.45) is 3.49. The molecule has 17 heavy (non-hydrogen) atoms. The molecular weight excluding hydrogens is 282 g/mol. The SMILES string of the molecule is CC(=O)NC1Cc2coc3ccc(Br)c(c23)C1. The number of carbonyl (C=O) groups excluding carboxylic acids is 1. The maximum Gasteiger partial charge on any atom is 0.217 e. The third kappa shape index (κ3) is 1.76. The third-order valence-electron chi connectivity index (χ3n) is 3.19. The van der Waals surface area contributed by atoms with Crippen molar-refractivity contribution in [2.24, 2.45) is 0 Å². The first-order chi connectivity index (χ1) is 8.15. The zero-order chi connectivity index (χ0) is 12.0. The van der Waals surface area contributed by atoms with Gasteiger partial charge in [0.1, 0.15) is 5.58 Å². The van der Waals surface area contributed by atoms with Crippen LogP contribution >= 0.6 is 15.9 Å². The Morgan fingerprint density at radius 3 is 3.06 bits per heavy atom. The van der Waals surface area contributed by atoms with Gasteiger partial charge in [0.25, 0.3) is 0 Å². The first-order valence-electron chi connectivity index (χ1n) is 5.59. The molecule has 0 radical (unpaired) electrons. The molecule has 0 saturated heterocycles. The maximum absolute atomic E-state index is 11.1. The molecule has 3 nitrogen and oxygen atoms in total. The summed E-state index contributed by atoms with van der Waals surface area (Å²) in [5, 5.41) is 4.19. The second kappa shape index (κ2) is 3.88. The minimum absolute atomic E-state index is 0.0187. The summed E-state index contributed by atoms with van der Waals surface area (Å²) < 4.78 is 6.62. The second-order valence-corrected chi connectivity index (χ2v) is 5.32. The summed E-state index contributed by atoms with van der Waals surface area (Å²) in [5.41, 5.74) is 3.34. The molecule has 1 unspecified atom stereocenters. The first-order valence-corrected chi connectivity index (χ1v) is 6.39. The van der Waals surface area contributed by atoms with E-state index in [1.54, 1.807) is 13.2 Å². The van der Waals surface area contributed by atoms with Gasteiger partial charge in [-0.15, -0.1) is 0 Å². The molecule has 3 rings (SSSR count). The van der Waals surface area contributed by atoms with Crippen molar-refractivity contribution in [2.75, 3.05) is 0 Å². The highest BCUT2D eigenvalue weighted by atomic mass is 79.9. The number of nitrogens with one attached hydrogen (secondary N) is 1. The minimum Gasteiger partial charge on any atom is -0.464 e. The van der Waals surface area contributed by atoms with Gasteiger partial charge in [-0.3, -0.25) is 4.79 Å². The van der Waals surface area contributed by atoms with Crippen LogP contribution in [0.25, 0.3) is 11.0 Å². The standard InChI is InChI=1S/C13H12BrNO2/c1-7(16)15-9-4-8-6-17-12-3-2-11(14)10(5-9)13(8)12/h2-3,6,9H,4-5H2,1H3,(H,15,16). The van der Waals surface area contributed by atoms with Crippen molar-refractivity contribution in [3.8, 4) is 0 Å². The Morgan fingerprint density at radius 2 is 2.29 bits per heavy atom. The van der Waals surface area contributed by atoms with Crippen LogP contribution in [0, 0.1) is 0 Å². The van der Waals surface area contributed by atoms with E-state index in [4.69, 9.17) is 4.42 Å². The smallest absolute Gasteiger partial charge is 0.217 e. The topological polar surface area (TPSA) is 42.2 Å². The molecule has 1 aliphatic rings. The fraction of sp³-hybridized carbons (Fsp3) is 0.308. The van der Waals surface area contributed by atoms with Crippen molar-refractivity contribution >= 4 is 32.8 Å². The molecule has 1 atom stereocenters. The first kappa shape index (κ1) is 10.8. The number of carbonyl (C=O) groups is 1. The van der Waals surface area contributed by atoms with Crippen molar-refractivity contribution in [1.29, 1.82) is 0 Å². The summed E-state index contributed by atoms with van der Waals surface area (Å²) in [6.45, 7) is 1.56. The van der Waals surface area contributed by atoms with Gasteiger partial charge in [-0.2, -0.15) is 0 Å². The van der Waals surface area contributed by atoms with E-state index in [-0.39, 0.29) is 11.9 Å². The summed E-state index contributed by atoms with van der Waals surface area (Å²) in [6, 6.07) is 4.14. The fourth-order valence-electron chi connectivity index (χ4n) is 2.57. The van der Waals surface area contributed by atoms with E-state index in [1.165, 1.54) is 16.5 Å². The van der Waals surface area contributed by atoms with Crippen molar-refractivity contribution in [3.63, 3.8) is 0 Å². The minimum atomic E-state index is 0.0187. The van der Waals surface area contributed by atoms with Crippen LogP contribution in [0.5, 0.6) is 0 Å². The predicted octanol–water partition coefficient (Wildman–Crippen LogP) is 2.80. The highest BCUT2D eigenvalue weighted by Crippen LogP contribution is 2.35. The molecule has 1 aromatic heterocycles. The van der Waals surface area contributed by atoms with E-state index in [0.717, 1.165) is 22.9 Å². The third-order valence-corrected chi connectivity index (χ3v) is 3.93. The zero-order valence-electron chi connectivity index (χ0n) is 9.42. The van der Waals surface area contributed by atoms with Gasteiger partial charge in [0.05, 0.1) is 6.26 Å². The van der Waals surface area contributed by atoms with E-state index >= 15 is 0 Å². The largest absolute Gasteiger partial charge is 0.464 e. The molecule has 88 valence electrons. The summed E-state index contributed by atoms with van der Waals surface area (Å²) in [4.78, 5) is 11.1. The van der Waals surface area contributed by atoms with Crippen molar-refractivity contribution in [1.82, 2.24) is 5.32 Å². The monoisotopic (exact) mass is 293 g/mol. The molecule has 4 heteroatoms. The highest BCUT2D eigenvalue weighted by Gasteiger charge is 2.24. The lowest BCUT2D eigenvalue weighted by Crippen LogP contribution is -2.38. The van der Waals surface area contributed by atoms with Crippen LogP contribution in [0.4, 0.5) is 0 Å². The number of rotatable bonds is 1. The van der Waals surface area contributed by atoms with Gasteiger partial charge in [0.2, 0.25) is 5.91 Å². The average molecular weight is 294 g/mol. The lowest BCUT2D eigenvalue weighted by atomic mass is 9.89. The average Bonchev–Trinajstić information content (AvgIpc) is 2.67. The Balaban J connectivity index is 2.09. The molecule has 0 spiro atoms. The Bertz CT molecular complexity index is 603. The molecule has 1 aliphatic carbocycles. The van der Waals surface area contributed by atoms with Gasteiger partial charge < -0.3 is 9.73 Å². The molecule has 0 fully saturated rings. The van der Waals surface area contributed by atoms with Crippen molar-refractivity contribution in [2.45, 2.75) is 25.8 Å². The Kier molecular flexibility index (Phi) is 2.47. The van der Waals surface area contributed by atoms with Crippen LogP contribution in [0.1, 0.15) is 18.1 Å². The van der Waals surface area contributed by atoms with E-state index in [9.17, 15) is 4.79 Å². The predicted molar refractivity (Wildman–Crippen MR) is 68.9 cm³/mol. The maximum atomic E-state index is 11.1. The van der Waals surface area contributed by atoms with Crippen LogP contribution in [0.3, 0.4) is 0 Å².